The highest BCUT2D eigenvalue weighted by molar-refractivity contribution is 8.00. The van der Waals surface area contributed by atoms with Gasteiger partial charge in [-0.3, -0.25) is 9.89 Å². The molecule has 5 nitrogen and oxygen atoms in total. The van der Waals surface area contributed by atoms with E-state index in [2.05, 4.69) is 26.8 Å². The van der Waals surface area contributed by atoms with E-state index in [0.717, 1.165) is 5.82 Å². The van der Waals surface area contributed by atoms with Crippen LogP contribution in [0.5, 0.6) is 0 Å². The molecule has 1 fully saturated rings. The van der Waals surface area contributed by atoms with Crippen molar-refractivity contribution in [1.82, 2.24) is 20.5 Å². The van der Waals surface area contributed by atoms with E-state index in [1.165, 1.54) is 32.1 Å². The summed E-state index contributed by atoms with van der Waals surface area (Å²) in [5, 5.41) is 9.92. The van der Waals surface area contributed by atoms with Crippen molar-refractivity contribution in [2.24, 2.45) is 0 Å². The van der Waals surface area contributed by atoms with Crippen molar-refractivity contribution < 1.29 is 4.79 Å². The normalized spacial score (nSPS) is 18.5. The number of rotatable bonds is 4. The summed E-state index contributed by atoms with van der Waals surface area (Å²) in [6.07, 6.45) is 8.32. The minimum atomic E-state index is -0.180. The lowest BCUT2D eigenvalue weighted by Crippen LogP contribution is -2.42. The predicted molar refractivity (Wildman–Crippen MR) is 86.7 cm³/mol. The maximum Gasteiger partial charge on any atom is 0.291 e. The summed E-state index contributed by atoms with van der Waals surface area (Å²) >= 11 is 1.88. The zero-order chi connectivity index (χ0) is 15.5. The second-order valence-electron chi connectivity index (χ2n) is 6.89. The fraction of sp³-hybridized carbons (Fsp3) is 0.800. The van der Waals surface area contributed by atoms with Crippen molar-refractivity contribution in [3.8, 4) is 0 Å². The highest BCUT2D eigenvalue weighted by atomic mass is 32.2. The number of H-pyrrole nitrogens is 1. The van der Waals surface area contributed by atoms with Crippen LogP contribution in [-0.2, 0) is 5.41 Å². The van der Waals surface area contributed by atoms with E-state index in [1.807, 2.05) is 32.5 Å². The van der Waals surface area contributed by atoms with E-state index in [9.17, 15) is 4.79 Å². The Hall–Kier alpha value is -1.04. The summed E-state index contributed by atoms with van der Waals surface area (Å²) in [5.41, 5.74) is -0.130. The first-order valence-electron chi connectivity index (χ1n) is 7.63. The third kappa shape index (κ3) is 3.99. The quantitative estimate of drug-likeness (QED) is 0.897. The van der Waals surface area contributed by atoms with Gasteiger partial charge in [0.25, 0.3) is 5.91 Å². The number of thioether (sulfide) groups is 1. The molecule has 0 atom stereocenters. The molecule has 0 radical (unpaired) electrons. The molecule has 1 heterocycles. The summed E-state index contributed by atoms with van der Waals surface area (Å²) in [5.74, 6) is 0.803. The minimum absolute atomic E-state index is 0.130. The van der Waals surface area contributed by atoms with Gasteiger partial charge in [0.05, 0.1) is 0 Å². The van der Waals surface area contributed by atoms with Crippen LogP contribution in [0.3, 0.4) is 0 Å². The molecule has 1 aliphatic rings. The third-order valence-corrected chi connectivity index (χ3v) is 5.59. The molecule has 2 rings (SSSR count). The molecule has 0 spiro atoms. The van der Waals surface area contributed by atoms with Gasteiger partial charge in [0.1, 0.15) is 5.82 Å². The number of nitrogens with zero attached hydrogens (tertiary/aromatic N) is 2. The molecule has 21 heavy (non-hydrogen) atoms. The second kappa shape index (κ2) is 6.38. The topological polar surface area (TPSA) is 70.7 Å². The van der Waals surface area contributed by atoms with Crippen LogP contribution in [0.1, 0.15) is 69.3 Å². The van der Waals surface area contributed by atoms with Crippen molar-refractivity contribution in [2.75, 3.05) is 12.8 Å². The zero-order valence-electron chi connectivity index (χ0n) is 13.5. The third-order valence-electron chi connectivity index (χ3n) is 4.17. The Morgan fingerprint density at radius 3 is 2.52 bits per heavy atom. The first-order valence-corrected chi connectivity index (χ1v) is 8.85. The number of amides is 1. The SMILES string of the molecule is CSC1(CNC(=O)c2n[nH]c(C(C)(C)C)n2)CCCCC1. The minimum Gasteiger partial charge on any atom is -0.348 e. The van der Waals surface area contributed by atoms with Crippen LogP contribution in [0.25, 0.3) is 0 Å². The lowest BCUT2D eigenvalue weighted by Gasteiger charge is -2.35. The molecule has 2 N–H and O–H groups in total. The van der Waals surface area contributed by atoms with Gasteiger partial charge in [0, 0.05) is 16.7 Å². The van der Waals surface area contributed by atoms with Gasteiger partial charge in [-0.1, -0.05) is 40.0 Å². The molecular weight excluding hydrogens is 284 g/mol. The van der Waals surface area contributed by atoms with Gasteiger partial charge in [-0.05, 0) is 19.1 Å². The van der Waals surface area contributed by atoms with Crippen molar-refractivity contribution in [2.45, 2.75) is 63.0 Å². The molecule has 6 heteroatoms. The summed E-state index contributed by atoms with van der Waals surface area (Å²) in [6, 6.07) is 0. The summed E-state index contributed by atoms with van der Waals surface area (Å²) in [4.78, 5) is 16.5. The average Bonchev–Trinajstić information content (AvgIpc) is 2.96. The lowest BCUT2D eigenvalue weighted by atomic mass is 9.88. The van der Waals surface area contributed by atoms with E-state index in [0.29, 0.717) is 6.54 Å². The standard InChI is InChI=1S/C15H26N4OS/c1-14(2,3)13-17-11(18-19-13)12(20)16-10-15(21-4)8-6-5-7-9-15/h5-10H2,1-4H3,(H,16,20)(H,17,18,19). The summed E-state index contributed by atoms with van der Waals surface area (Å²) in [6.45, 7) is 6.83. The number of hydrogen-bond acceptors (Lipinski definition) is 4. The van der Waals surface area contributed by atoms with Gasteiger partial charge < -0.3 is 5.32 Å². The van der Waals surface area contributed by atoms with Crippen LogP contribution in [-0.4, -0.2) is 38.6 Å². The Bertz CT molecular complexity index is 486. The maximum atomic E-state index is 12.2. The Kier molecular flexibility index (Phi) is 4.96. The van der Waals surface area contributed by atoms with E-state index in [-0.39, 0.29) is 21.9 Å². The smallest absolute Gasteiger partial charge is 0.291 e. The molecule has 1 saturated carbocycles. The molecule has 0 unspecified atom stereocenters. The van der Waals surface area contributed by atoms with E-state index < -0.39 is 0 Å². The molecule has 0 aromatic carbocycles. The first kappa shape index (κ1) is 16.3. The fourth-order valence-corrected chi connectivity index (χ4v) is 3.58. The van der Waals surface area contributed by atoms with Crippen LogP contribution in [0.15, 0.2) is 0 Å². The van der Waals surface area contributed by atoms with Gasteiger partial charge in [-0.25, -0.2) is 4.98 Å². The van der Waals surface area contributed by atoms with Crippen LogP contribution >= 0.6 is 11.8 Å². The van der Waals surface area contributed by atoms with Crippen LogP contribution in [0.4, 0.5) is 0 Å². The molecule has 1 aromatic rings. The number of hydrogen-bond donors (Lipinski definition) is 2. The van der Waals surface area contributed by atoms with Gasteiger partial charge >= 0.3 is 0 Å². The largest absolute Gasteiger partial charge is 0.348 e. The number of aromatic nitrogens is 3. The van der Waals surface area contributed by atoms with Gasteiger partial charge in [-0.2, -0.15) is 11.8 Å². The van der Waals surface area contributed by atoms with Gasteiger partial charge in [-0.15, -0.1) is 5.10 Å². The van der Waals surface area contributed by atoms with Gasteiger partial charge in [0.15, 0.2) is 0 Å². The number of nitrogens with one attached hydrogen (secondary N) is 2. The van der Waals surface area contributed by atoms with Crippen LogP contribution in [0.2, 0.25) is 0 Å². The molecule has 0 saturated heterocycles. The fourth-order valence-electron chi connectivity index (χ4n) is 2.67. The lowest BCUT2D eigenvalue weighted by molar-refractivity contribution is 0.0937. The molecule has 1 aliphatic carbocycles. The Morgan fingerprint density at radius 2 is 2.00 bits per heavy atom. The van der Waals surface area contributed by atoms with Crippen molar-refractivity contribution >= 4 is 17.7 Å². The van der Waals surface area contributed by atoms with E-state index in [1.54, 1.807) is 0 Å². The summed E-state index contributed by atoms with van der Waals surface area (Å²) < 4.78 is 0.192. The van der Waals surface area contributed by atoms with Crippen molar-refractivity contribution in [3.05, 3.63) is 11.6 Å². The molecule has 0 aliphatic heterocycles. The maximum absolute atomic E-state index is 12.2. The number of carbonyl (C=O) groups excluding carboxylic acids is 1. The average molecular weight is 310 g/mol. The van der Waals surface area contributed by atoms with E-state index in [4.69, 9.17) is 0 Å². The summed E-state index contributed by atoms with van der Waals surface area (Å²) in [7, 11) is 0. The Labute approximate surface area is 131 Å². The second-order valence-corrected chi connectivity index (χ2v) is 8.16. The Balaban J connectivity index is 1.96. The van der Waals surface area contributed by atoms with Crippen LogP contribution in [0, 0.1) is 0 Å². The zero-order valence-corrected chi connectivity index (χ0v) is 14.3. The van der Waals surface area contributed by atoms with Crippen LogP contribution < -0.4 is 5.32 Å². The predicted octanol–water partition coefficient (Wildman–Crippen LogP) is 2.90. The monoisotopic (exact) mass is 310 g/mol. The highest BCUT2D eigenvalue weighted by Crippen LogP contribution is 2.37. The first-order chi connectivity index (χ1) is 9.86. The molecule has 118 valence electrons. The van der Waals surface area contributed by atoms with Crippen molar-refractivity contribution in [1.29, 1.82) is 0 Å². The molecule has 1 amide bonds. The van der Waals surface area contributed by atoms with Gasteiger partial charge in [0.2, 0.25) is 5.82 Å². The number of aromatic amines is 1. The van der Waals surface area contributed by atoms with Crippen molar-refractivity contribution in [3.63, 3.8) is 0 Å². The molecule has 0 bridgehead atoms. The highest BCUT2D eigenvalue weighted by Gasteiger charge is 2.32. The molecule has 1 aromatic heterocycles. The number of carbonyl (C=O) groups is 1. The molecular formula is C15H26N4OS. The Morgan fingerprint density at radius 1 is 1.33 bits per heavy atom. The van der Waals surface area contributed by atoms with E-state index >= 15 is 0 Å².